The van der Waals surface area contributed by atoms with Crippen LogP contribution in [0.15, 0.2) is 18.3 Å². The lowest BCUT2D eigenvalue weighted by Crippen LogP contribution is -2.06. The summed E-state index contributed by atoms with van der Waals surface area (Å²) in [6, 6.07) is 4.06. The zero-order valence-corrected chi connectivity index (χ0v) is 10.8. The summed E-state index contributed by atoms with van der Waals surface area (Å²) in [7, 11) is 0. The van der Waals surface area contributed by atoms with Gasteiger partial charge >= 0.3 is 0 Å². The molecule has 2 heterocycles. The normalized spacial score (nSPS) is 15.0. The molecule has 0 spiro atoms. The van der Waals surface area contributed by atoms with Gasteiger partial charge in [0.1, 0.15) is 5.82 Å². The standard InChI is InChI=1S/C14H18N4/c1-9-3-6-12(7-16-9)13-10(2)14(15)18(17-13)8-11-4-5-11/h3,6-7,11H,4-5,8,15H2,1-2H3. The van der Waals surface area contributed by atoms with Crippen LogP contribution in [0.1, 0.15) is 24.1 Å². The SMILES string of the molecule is Cc1ccc(-c2nn(CC3CC3)c(N)c2C)cn1. The fourth-order valence-corrected chi connectivity index (χ4v) is 2.13. The second kappa shape index (κ2) is 4.12. The number of hydrogen-bond donors (Lipinski definition) is 1. The van der Waals surface area contributed by atoms with E-state index in [1.54, 1.807) is 0 Å². The molecule has 2 aromatic rings. The van der Waals surface area contributed by atoms with Crippen molar-refractivity contribution >= 4 is 5.82 Å². The fourth-order valence-electron chi connectivity index (χ4n) is 2.13. The maximum Gasteiger partial charge on any atom is 0.125 e. The van der Waals surface area contributed by atoms with Gasteiger partial charge in [0, 0.05) is 29.6 Å². The topological polar surface area (TPSA) is 56.7 Å². The predicted molar refractivity (Wildman–Crippen MR) is 72.1 cm³/mol. The quantitative estimate of drug-likeness (QED) is 0.900. The predicted octanol–water partition coefficient (Wildman–Crippen LogP) is 2.55. The Labute approximate surface area is 107 Å². The van der Waals surface area contributed by atoms with Crippen LogP contribution in [0.5, 0.6) is 0 Å². The Balaban J connectivity index is 1.98. The van der Waals surface area contributed by atoms with Gasteiger partial charge in [-0.1, -0.05) is 0 Å². The number of aryl methyl sites for hydroxylation is 1. The summed E-state index contributed by atoms with van der Waals surface area (Å²) < 4.78 is 1.95. The maximum atomic E-state index is 6.13. The summed E-state index contributed by atoms with van der Waals surface area (Å²) >= 11 is 0. The van der Waals surface area contributed by atoms with Gasteiger partial charge in [0.25, 0.3) is 0 Å². The largest absolute Gasteiger partial charge is 0.384 e. The first-order chi connectivity index (χ1) is 8.65. The van der Waals surface area contributed by atoms with Gasteiger partial charge < -0.3 is 5.73 Å². The van der Waals surface area contributed by atoms with Crippen LogP contribution in [0, 0.1) is 19.8 Å². The molecule has 0 amide bonds. The third kappa shape index (κ3) is 1.98. The lowest BCUT2D eigenvalue weighted by atomic mass is 10.1. The van der Waals surface area contributed by atoms with Gasteiger partial charge in [-0.05, 0) is 44.7 Å². The molecule has 0 bridgehead atoms. The van der Waals surface area contributed by atoms with Crippen LogP contribution in [-0.4, -0.2) is 14.8 Å². The number of pyridine rings is 1. The van der Waals surface area contributed by atoms with Gasteiger partial charge in [-0.3, -0.25) is 4.98 Å². The lowest BCUT2D eigenvalue weighted by molar-refractivity contribution is 0.572. The average Bonchev–Trinajstić information content (AvgIpc) is 3.13. The van der Waals surface area contributed by atoms with Crippen molar-refractivity contribution < 1.29 is 0 Å². The van der Waals surface area contributed by atoms with Crippen molar-refractivity contribution in [3.63, 3.8) is 0 Å². The highest BCUT2D eigenvalue weighted by Crippen LogP contribution is 2.33. The Morgan fingerprint density at radius 3 is 2.72 bits per heavy atom. The molecule has 4 nitrogen and oxygen atoms in total. The molecule has 4 heteroatoms. The molecule has 0 saturated heterocycles. The third-order valence-electron chi connectivity index (χ3n) is 3.55. The molecule has 0 aliphatic heterocycles. The van der Waals surface area contributed by atoms with E-state index in [4.69, 9.17) is 5.73 Å². The Kier molecular flexibility index (Phi) is 2.58. The minimum Gasteiger partial charge on any atom is -0.384 e. The first-order valence-corrected chi connectivity index (χ1v) is 6.41. The monoisotopic (exact) mass is 242 g/mol. The highest BCUT2D eigenvalue weighted by atomic mass is 15.3. The minimum atomic E-state index is 0.774. The van der Waals surface area contributed by atoms with E-state index in [1.807, 2.05) is 30.8 Å². The number of aromatic nitrogens is 3. The van der Waals surface area contributed by atoms with E-state index >= 15 is 0 Å². The summed E-state index contributed by atoms with van der Waals surface area (Å²) in [4.78, 5) is 4.32. The number of nitrogens with two attached hydrogens (primary N) is 1. The second-order valence-electron chi connectivity index (χ2n) is 5.17. The van der Waals surface area contributed by atoms with E-state index in [2.05, 4.69) is 16.1 Å². The maximum absolute atomic E-state index is 6.13. The van der Waals surface area contributed by atoms with Gasteiger partial charge in [-0.15, -0.1) is 0 Å². The van der Waals surface area contributed by atoms with Gasteiger partial charge in [-0.25, -0.2) is 4.68 Å². The van der Waals surface area contributed by atoms with Crippen molar-refractivity contribution in [2.75, 3.05) is 5.73 Å². The molecule has 1 saturated carbocycles. The van der Waals surface area contributed by atoms with Crippen LogP contribution < -0.4 is 5.73 Å². The van der Waals surface area contributed by atoms with Crippen molar-refractivity contribution in [1.29, 1.82) is 0 Å². The first-order valence-electron chi connectivity index (χ1n) is 6.41. The molecule has 1 aliphatic carbocycles. The Morgan fingerprint density at radius 1 is 1.33 bits per heavy atom. The zero-order chi connectivity index (χ0) is 12.7. The molecule has 0 atom stereocenters. The fraction of sp³-hybridized carbons (Fsp3) is 0.429. The number of rotatable bonds is 3. The number of nitrogen functional groups attached to an aromatic ring is 1. The van der Waals surface area contributed by atoms with E-state index in [1.165, 1.54) is 12.8 Å². The van der Waals surface area contributed by atoms with Gasteiger partial charge in [0.05, 0.1) is 5.69 Å². The summed E-state index contributed by atoms with van der Waals surface area (Å²) in [5, 5.41) is 4.64. The molecule has 94 valence electrons. The summed E-state index contributed by atoms with van der Waals surface area (Å²) in [6.45, 7) is 4.96. The van der Waals surface area contributed by atoms with E-state index in [9.17, 15) is 0 Å². The number of anilines is 1. The average molecular weight is 242 g/mol. The highest BCUT2D eigenvalue weighted by molar-refractivity contribution is 5.67. The van der Waals surface area contributed by atoms with Crippen LogP contribution in [0.2, 0.25) is 0 Å². The van der Waals surface area contributed by atoms with Crippen LogP contribution in [0.25, 0.3) is 11.3 Å². The van der Waals surface area contributed by atoms with Crippen molar-refractivity contribution in [1.82, 2.24) is 14.8 Å². The van der Waals surface area contributed by atoms with Crippen LogP contribution in [0.4, 0.5) is 5.82 Å². The molecule has 0 aromatic carbocycles. The van der Waals surface area contributed by atoms with Gasteiger partial charge in [0.2, 0.25) is 0 Å². The van der Waals surface area contributed by atoms with E-state index in [-0.39, 0.29) is 0 Å². The van der Waals surface area contributed by atoms with Crippen LogP contribution >= 0.6 is 0 Å². The van der Waals surface area contributed by atoms with Crippen molar-refractivity contribution in [3.8, 4) is 11.3 Å². The third-order valence-corrected chi connectivity index (χ3v) is 3.55. The van der Waals surface area contributed by atoms with Crippen molar-refractivity contribution in [2.24, 2.45) is 5.92 Å². The minimum absolute atomic E-state index is 0.774. The number of hydrogen-bond acceptors (Lipinski definition) is 3. The van der Waals surface area contributed by atoms with Crippen LogP contribution in [-0.2, 0) is 6.54 Å². The Bertz CT molecular complexity index is 564. The van der Waals surface area contributed by atoms with Gasteiger partial charge in [-0.2, -0.15) is 5.10 Å². The van der Waals surface area contributed by atoms with Crippen LogP contribution in [0.3, 0.4) is 0 Å². The molecule has 18 heavy (non-hydrogen) atoms. The first kappa shape index (κ1) is 11.3. The summed E-state index contributed by atoms with van der Waals surface area (Å²) in [6.07, 6.45) is 4.48. The second-order valence-corrected chi connectivity index (χ2v) is 5.17. The molecule has 2 aromatic heterocycles. The zero-order valence-electron chi connectivity index (χ0n) is 10.8. The molecule has 1 fully saturated rings. The molecule has 2 N–H and O–H groups in total. The lowest BCUT2D eigenvalue weighted by Gasteiger charge is -2.01. The molecule has 1 aliphatic rings. The smallest absolute Gasteiger partial charge is 0.125 e. The van der Waals surface area contributed by atoms with Crippen molar-refractivity contribution in [2.45, 2.75) is 33.2 Å². The Morgan fingerprint density at radius 2 is 2.11 bits per heavy atom. The van der Waals surface area contributed by atoms with Crippen molar-refractivity contribution in [3.05, 3.63) is 29.6 Å². The molecule has 3 rings (SSSR count). The Hall–Kier alpha value is -1.84. The van der Waals surface area contributed by atoms with E-state index in [0.717, 1.165) is 40.8 Å². The molecular formula is C14H18N4. The van der Waals surface area contributed by atoms with E-state index < -0.39 is 0 Å². The molecule has 0 radical (unpaired) electrons. The number of nitrogens with zero attached hydrogens (tertiary/aromatic N) is 3. The summed E-state index contributed by atoms with van der Waals surface area (Å²) in [5.41, 5.74) is 10.2. The summed E-state index contributed by atoms with van der Waals surface area (Å²) in [5.74, 6) is 1.56. The highest BCUT2D eigenvalue weighted by Gasteiger charge is 2.24. The molecule has 0 unspecified atom stereocenters. The van der Waals surface area contributed by atoms with Gasteiger partial charge in [0.15, 0.2) is 0 Å². The van der Waals surface area contributed by atoms with E-state index in [0.29, 0.717) is 0 Å². The molecular weight excluding hydrogens is 224 g/mol.